The summed E-state index contributed by atoms with van der Waals surface area (Å²) < 4.78 is 11.3. The Morgan fingerprint density at radius 1 is 1.03 bits per heavy atom. The number of fused-ring (bicyclic) bond motifs is 1. The van der Waals surface area contributed by atoms with Gasteiger partial charge in [0.15, 0.2) is 11.5 Å². The molecule has 186 valence electrons. The Bertz CT molecular complexity index is 1590. The van der Waals surface area contributed by atoms with E-state index in [9.17, 15) is 24.6 Å². The monoisotopic (exact) mass is 561 g/mol. The number of aliphatic hydroxyl groups is 1. The average Bonchev–Trinajstić information content (AvgIpc) is 3.42. The van der Waals surface area contributed by atoms with Crippen LogP contribution in [0.25, 0.3) is 11.0 Å². The molecule has 0 aliphatic carbocycles. The Labute approximate surface area is 219 Å². The van der Waals surface area contributed by atoms with Gasteiger partial charge in [0.1, 0.15) is 11.3 Å². The van der Waals surface area contributed by atoms with Gasteiger partial charge < -0.3 is 19.4 Å². The molecule has 5 rings (SSSR count). The first-order valence-corrected chi connectivity index (χ1v) is 12.0. The van der Waals surface area contributed by atoms with E-state index < -0.39 is 29.5 Å². The second-order valence-electron chi connectivity index (χ2n) is 8.48. The number of hydrogen-bond donors (Lipinski definition) is 2. The highest BCUT2D eigenvalue weighted by molar-refractivity contribution is 9.10. The number of phenolic OH excluding ortho intramolecular Hbond substituents is 1. The number of amides is 1. The normalized spacial score (nSPS) is 15.5. The van der Waals surface area contributed by atoms with E-state index in [0.717, 1.165) is 4.47 Å². The van der Waals surface area contributed by atoms with Crippen molar-refractivity contribution in [3.8, 4) is 5.75 Å². The van der Waals surface area contributed by atoms with E-state index >= 15 is 0 Å². The van der Waals surface area contributed by atoms with Crippen LogP contribution in [0, 0.1) is 0 Å². The lowest BCUT2D eigenvalue weighted by atomic mass is 9.94. The zero-order chi connectivity index (χ0) is 26.3. The molecule has 0 bridgehead atoms. The maximum absolute atomic E-state index is 13.7. The molecule has 9 heteroatoms. The van der Waals surface area contributed by atoms with Crippen molar-refractivity contribution in [1.29, 1.82) is 0 Å². The van der Waals surface area contributed by atoms with E-state index in [4.69, 9.17) is 9.15 Å². The van der Waals surface area contributed by atoms with Gasteiger partial charge in [-0.3, -0.25) is 19.3 Å². The largest absolute Gasteiger partial charge is 0.508 e. The van der Waals surface area contributed by atoms with Crippen LogP contribution in [0.2, 0.25) is 0 Å². The lowest BCUT2D eigenvalue weighted by Gasteiger charge is -2.27. The molecular formula is C28H20BrNO7. The van der Waals surface area contributed by atoms with E-state index in [2.05, 4.69) is 15.9 Å². The lowest BCUT2D eigenvalue weighted by molar-refractivity contribution is -0.139. The number of aromatic hydroxyl groups is 1. The summed E-state index contributed by atoms with van der Waals surface area (Å²) in [5, 5.41) is 21.8. The molecule has 37 heavy (non-hydrogen) atoms. The molecule has 1 amide bonds. The molecule has 0 radical (unpaired) electrons. The Balaban J connectivity index is 1.59. The van der Waals surface area contributed by atoms with Crippen LogP contribution in [-0.4, -0.2) is 35.0 Å². The fraction of sp³-hybridized carbons (Fsp3) is 0.107. The van der Waals surface area contributed by atoms with Crippen LogP contribution in [0.15, 0.2) is 93.0 Å². The van der Waals surface area contributed by atoms with Crippen molar-refractivity contribution < 1.29 is 33.8 Å². The number of Topliss-reactive ketones (excluding diaryl/α,β-unsaturated/α-hetero) is 1. The van der Waals surface area contributed by atoms with E-state index in [1.165, 1.54) is 24.1 Å². The Morgan fingerprint density at radius 2 is 1.78 bits per heavy atom. The summed E-state index contributed by atoms with van der Waals surface area (Å²) in [5.41, 5.74) is 1.77. The second-order valence-corrected chi connectivity index (χ2v) is 9.39. The number of furan rings is 1. The molecule has 1 unspecified atom stereocenters. The fourth-order valence-corrected chi connectivity index (χ4v) is 4.76. The van der Waals surface area contributed by atoms with Crippen LogP contribution in [0.4, 0.5) is 5.69 Å². The number of nitrogens with zero attached hydrogens (tertiary/aromatic N) is 1. The van der Waals surface area contributed by atoms with Crippen LogP contribution in [0.3, 0.4) is 0 Å². The molecule has 1 aromatic heterocycles. The van der Waals surface area contributed by atoms with Crippen LogP contribution < -0.4 is 4.90 Å². The lowest BCUT2D eigenvalue weighted by Crippen LogP contribution is -2.31. The van der Waals surface area contributed by atoms with Gasteiger partial charge in [0.05, 0.1) is 25.1 Å². The molecule has 1 atom stereocenters. The molecule has 8 nitrogen and oxygen atoms in total. The maximum atomic E-state index is 13.7. The zero-order valence-corrected chi connectivity index (χ0v) is 21.1. The number of halogens is 1. The van der Waals surface area contributed by atoms with Crippen molar-refractivity contribution in [3.05, 3.63) is 105 Å². The van der Waals surface area contributed by atoms with Gasteiger partial charge in [0.2, 0.25) is 5.78 Å². The summed E-state index contributed by atoms with van der Waals surface area (Å²) >= 11 is 3.39. The van der Waals surface area contributed by atoms with Crippen molar-refractivity contribution in [2.24, 2.45) is 0 Å². The Kier molecular flexibility index (Phi) is 6.31. The summed E-state index contributed by atoms with van der Waals surface area (Å²) in [6.07, 6.45) is 0.0517. The molecule has 1 aliphatic heterocycles. The van der Waals surface area contributed by atoms with Gasteiger partial charge in [-0.2, -0.15) is 0 Å². The molecule has 3 aromatic carbocycles. The third-order valence-electron chi connectivity index (χ3n) is 6.13. The quantitative estimate of drug-likeness (QED) is 0.239. The van der Waals surface area contributed by atoms with Crippen LogP contribution in [0.1, 0.15) is 27.7 Å². The van der Waals surface area contributed by atoms with Crippen molar-refractivity contribution in [1.82, 2.24) is 0 Å². The summed E-state index contributed by atoms with van der Waals surface area (Å²) in [6, 6.07) is 18.5. The van der Waals surface area contributed by atoms with Crippen molar-refractivity contribution >= 4 is 50.2 Å². The first-order valence-electron chi connectivity index (χ1n) is 11.2. The second kappa shape index (κ2) is 9.59. The molecule has 2 heterocycles. The minimum atomic E-state index is -1.04. The molecule has 4 aromatic rings. The van der Waals surface area contributed by atoms with Gasteiger partial charge in [-0.15, -0.1) is 0 Å². The summed E-state index contributed by atoms with van der Waals surface area (Å²) in [4.78, 5) is 39.9. The van der Waals surface area contributed by atoms with Gasteiger partial charge in [0.25, 0.3) is 5.91 Å². The smallest absolute Gasteiger partial charge is 0.309 e. The average molecular weight is 562 g/mol. The number of benzene rings is 3. The molecule has 2 N–H and O–H groups in total. The summed E-state index contributed by atoms with van der Waals surface area (Å²) in [6.45, 7) is 0. The van der Waals surface area contributed by atoms with E-state index in [1.807, 2.05) is 0 Å². The summed E-state index contributed by atoms with van der Waals surface area (Å²) in [5.74, 6) is -2.66. The number of hydrogen-bond acceptors (Lipinski definition) is 7. The molecule has 0 saturated carbocycles. The molecule has 0 spiro atoms. The van der Waals surface area contributed by atoms with E-state index in [-0.39, 0.29) is 23.5 Å². The number of aliphatic hydroxyl groups excluding tert-OH is 1. The van der Waals surface area contributed by atoms with Gasteiger partial charge in [-0.1, -0.05) is 40.2 Å². The third-order valence-corrected chi connectivity index (χ3v) is 6.62. The highest BCUT2D eigenvalue weighted by Gasteiger charge is 2.45. The number of rotatable bonds is 6. The minimum absolute atomic E-state index is 0.0390. The van der Waals surface area contributed by atoms with Gasteiger partial charge in [-0.25, -0.2) is 0 Å². The molecule has 0 fully saturated rings. The molecule has 0 saturated heterocycles. The van der Waals surface area contributed by atoms with Crippen LogP contribution in [0.5, 0.6) is 5.75 Å². The van der Waals surface area contributed by atoms with Gasteiger partial charge in [-0.05, 0) is 59.7 Å². The number of carbonyl (C=O) groups is 3. The standard InChI is InChI=1S/C28H20BrNO7/c1-36-23(32)11-15-5-8-19(9-6-15)30-25(16-3-2-4-20(31)13-16)24(27(34)28(30)35)26(33)22-14-17-12-18(29)7-10-21(17)37-22/h2-10,12-14,25,31,34H,11H2,1H3. The van der Waals surface area contributed by atoms with E-state index in [1.54, 1.807) is 60.7 Å². The zero-order valence-electron chi connectivity index (χ0n) is 19.5. The number of phenols is 1. The summed E-state index contributed by atoms with van der Waals surface area (Å²) in [7, 11) is 1.30. The topological polar surface area (TPSA) is 117 Å². The number of anilines is 1. The first kappa shape index (κ1) is 24.3. The van der Waals surface area contributed by atoms with E-state index in [0.29, 0.717) is 27.8 Å². The first-order chi connectivity index (χ1) is 17.8. The van der Waals surface area contributed by atoms with Gasteiger partial charge in [0, 0.05) is 15.5 Å². The molecule has 1 aliphatic rings. The van der Waals surface area contributed by atoms with Crippen molar-refractivity contribution in [2.75, 3.05) is 12.0 Å². The number of esters is 1. The minimum Gasteiger partial charge on any atom is -0.508 e. The predicted molar refractivity (Wildman–Crippen MR) is 138 cm³/mol. The fourth-order valence-electron chi connectivity index (χ4n) is 4.39. The number of ether oxygens (including phenoxy) is 1. The van der Waals surface area contributed by atoms with Crippen LogP contribution in [-0.2, 0) is 20.7 Å². The number of ketones is 1. The van der Waals surface area contributed by atoms with Crippen LogP contribution >= 0.6 is 15.9 Å². The number of carbonyl (C=O) groups excluding carboxylic acids is 3. The van der Waals surface area contributed by atoms with Crippen molar-refractivity contribution in [2.45, 2.75) is 12.5 Å². The highest BCUT2D eigenvalue weighted by Crippen LogP contribution is 2.43. The highest BCUT2D eigenvalue weighted by atomic mass is 79.9. The van der Waals surface area contributed by atoms with Gasteiger partial charge >= 0.3 is 5.97 Å². The Morgan fingerprint density at radius 3 is 2.49 bits per heavy atom. The predicted octanol–water partition coefficient (Wildman–Crippen LogP) is 5.40. The third kappa shape index (κ3) is 4.49. The SMILES string of the molecule is COC(=O)Cc1ccc(N2C(=O)C(O)=C(C(=O)c3cc4cc(Br)ccc4o3)C2c2cccc(O)c2)cc1. The maximum Gasteiger partial charge on any atom is 0.309 e. The van der Waals surface area contributed by atoms with Crippen molar-refractivity contribution in [3.63, 3.8) is 0 Å². The molecular weight excluding hydrogens is 542 g/mol. The Hall–Kier alpha value is -4.37. The number of methoxy groups -OCH3 is 1.